The number of carbonyl (C=O) groups is 1. The van der Waals surface area contributed by atoms with Crippen LogP contribution >= 0.6 is 0 Å². The van der Waals surface area contributed by atoms with Crippen molar-refractivity contribution in [2.24, 2.45) is 5.92 Å². The molecule has 2 unspecified atom stereocenters. The summed E-state index contributed by atoms with van der Waals surface area (Å²) in [6.45, 7) is 5.67. The highest BCUT2D eigenvalue weighted by Gasteiger charge is 2.20. The minimum absolute atomic E-state index is 0.334. The van der Waals surface area contributed by atoms with Gasteiger partial charge in [0.2, 0.25) is 0 Å². The van der Waals surface area contributed by atoms with E-state index in [1.165, 1.54) is 0 Å². The zero-order valence-corrected chi connectivity index (χ0v) is 10.2. The average Bonchev–Trinajstić information content (AvgIpc) is 2.68. The number of hydrogen-bond donors (Lipinski definition) is 2. The summed E-state index contributed by atoms with van der Waals surface area (Å²) < 4.78 is 5.49. The molecule has 1 aliphatic heterocycles. The summed E-state index contributed by atoms with van der Waals surface area (Å²) >= 11 is 0. The second-order valence-electron chi connectivity index (χ2n) is 4.90. The van der Waals surface area contributed by atoms with E-state index in [0.29, 0.717) is 18.4 Å². The standard InChI is InChI=1S/C12H23NO3/c1-9(2)8-11(12(14)15)13-6-5-10-4-3-7-16-10/h9-11,13H,3-8H2,1-2H3,(H,14,15). The Labute approximate surface area is 97.4 Å². The second-order valence-corrected chi connectivity index (χ2v) is 4.90. The first-order valence-electron chi connectivity index (χ1n) is 6.17. The summed E-state index contributed by atoms with van der Waals surface area (Å²) in [5.74, 6) is -0.350. The van der Waals surface area contributed by atoms with Gasteiger partial charge in [-0.1, -0.05) is 13.8 Å². The van der Waals surface area contributed by atoms with E-state index in [1.807, 2.05) is 13.8 Å². The Morgan fingerprint density at radius 3 is 2.81 bits per heavy atom. The maximum atomic E-state index is 11.0. The molecule has 4 nitrogen and oxygen atoms in total. The molecule has 0 aromatic rings. The van der Waals surface area contributed by atoms with Crippen LogP contribution in [0.3, 0.4) is 0 Å². The molecule has 1 heterocycles. The summed E-state index contributed by atoms with van der Waals surface area (Å²) in [6.07, 6.45) is 4.19. The van der Waals surface area contributed by atoms with Crippen molar-refractivity contribution in [1.29, 1.82) is 0 Å². The van der Waals surface area contributed by atoms with Gasteiger partial charge in [0.05, 0.1) is 6.10 Å². The third-order valence-electron chi connectivity index (χ3n) is 2.89. The van der Waals surface area contributed by atoms with Gasteiger partial charge in [-0.15, -0.1) is 0 Å². The quantitative estimate of drug-likeness (QED) is 0.697. The molecule has 0 saturated carbocycles. The van der Waals surface area contributed by atoms with Gasteiger partial charge in [-0.25, -0.2) is 0 Å². The van der Waals surface area contributed by atoms with E-state index >= 15 is 0 Å². The van der Waals surface area contributed by atoms with Crippen LogP contribution in [0.2, 0.25) is 0 Å². The molecule has 94 valence electrons. The third kappa shape index (κ3) is 4.94. The van der Waals surface area contributed by atoms with Gasteiger partial charge < -0.3 is 15.2 Å². The van der Waals surface area contributed by atoms with Crippen molar-refractivity contribution in [3.63, 3.8) is 0 Å². The highest BCUT2D eigenvalue weighted by Crippen LogP contribution is 2.14. The molecule has 0 radical (unpaired) electrons. The highest BCUT2D eigenvalue weighted by molar-refractivity contribution is 5.73. The predicted octanol–water partition coefficient (Wildman–Crippen LogP) is 1.64. The van der Waals surface area contributed by atoms with Crippen molar-refractivity contribution in [2.75, 3.05) is 13.2 Å². The normalized spacial score (nSPS) is 22.6. The van der Waals surface area contributed by atoms with Gasteiger partial charge in [0.1, 0.15) is 6.04 Å². The summed E-state index contributed by atoms with van der Waals surface area (Å²) in [6, 6.07) is -0.415. The molecule has 4 heteroatoms. The zero-order valence-electron chi connectivity index (χ0n) is 10.2. The Hall–Kier alpha value is -0.610. The van der Waals surface area contributed by atoms with E-state index in [-0.39, 0.29) is 0 Å². The minimum Gasteiger partial charge on any atom is -0.480 e. The van der Waals surface area contributed by atoms with Crippen LogP contribution < -0.4 is 5.32 Å². The van der Waals surface area contributed by atoms with Crippen LogP contribution in [0.15, 0.2) is 0 Å². The molecule has 0 bridgehead atoms. The number of nitrogens with one attached hydrogen (secondary N) is 1. The van der Waals surface area contributed by atoms with Gasteiger partial charge in [-0.2, -0.15) is 0 Å². The Kier molecular flexibility index (Phi) is 5.77. The SMILES string of the molecule is CC(C)CC(NCCC1CCCO1)C(=O)O. The van der Waals surface area contributed by atoms with Crippen molar-refractivity contribution in [1.82, 2.24) is 5.32 Å². The Morgan fingerprint density at radius 2 is 2.31 bits per heavy atom. The summed E-state index contributed by atoms with van der Waals surface area (Å²) in [7, 11) is 0. The summed E-state index contributed by atoms with van der Waals surface area (Å²) in [4.78, 5) is 11.0. The lowest BCUT2D eigenvalue weighted by Gasteiger charge is -2.17. The van der Waals surface area contributed by atoms with Crippen molar-refractivity contribution >= 4 is 5.97 Å². The monoisotopic (exact) mass is 229 g/mol. The zero-order chi connectivity index (χ0) is 12.0. The summed E-state index contributed by atoms with van der Waals surface area (Å²) in [5.41, 5.74) is 0. The molecule has 16 heavy (non-hydrogen) atoms. The van der Waals surface area contributed by atoms with Crippen LogP contribution in [0.1, 0.15) is 39.5 Å². The van der Waals surface area contributed by atoms with Crippen LogP contribution in [0.4, 0.5) is 0 Å². The molecule has 1 saturated heterocycles. The number of rotatable bonds is 7. The first-order valence-corrected chi connectivity index (χ1v) is 6.17. The molecule has 1 fully saturated rings. The van der Waals surface area contributed by atoms with E-state index in [2.05, 4.69) is 5.32 Å². The maximum absolute atomic E-state index is 11.0. The molecule has 0 aromatic carbocycles. The largest absolute Gasteiger partial charge is 0.480 e. The van der Waals surface area contributed by atoms with Gasteiger partial charge >= 0.3 is 5.97 Å². The molecular formula is C12H23NO3. The Morgan fingerprint density at radius 1 is 1.56 bits per heavy atom. The number of ether oxygens (including phenoxy) is 1. The number of carboxylic acid groups (broad SMARTS) is 1. The molecule has 0 amide bonds. The molecule has 1 rings (SSSR count). The summed E-state index contributed by atoms with van der Waals surface area (Å²) in [5, 5.41) is 12.1. The first-order chi connectivity index (χ1) is 7.59. The molecule has 0 aliphatic carbocycles. The van der Waals surface area contributed by atoms with Crippen LogP contribution in [-0.2, 0) is 9.53 Å². The van der Waals surface area contributed by atoms with Crippen LogP contribution in [0.25, 0.3) is 0 Å². The molecule has 1 aliphatic rings. The van der Waals surface area contributed by atoms with Gasteiger partial charge in [0.15, 0.2) is 0 Å². The fraction of sp³-hybridized carbons (Fsp3) is 0.917. The van der Waals surface area contributed by atoms with Crippen LogP contribution in [0.5, 0.6) is 0 Å². The van der Waals surface area contributed by atoms with Gasteiger partial charge in [-0.05, 0) is 38.1 Å². The van der Waals surface area contributed by atoms with E-state index in [9.17, 15) is 4.79 Å². The van der Waals surface area contributed by atoms with Crippen molar-refractivity contribution in [3.05, 3.63) is 0 Å². The van der Waals surface area contributed by atoms with Crippen molar-refractivity contribution in [2.45, 2.75) is 51.7 Å². The number of aliphatic carboxylic acids is 1. The highest BCUT2D eigenvalue weighted by atomic mass is 16.5. The van der Waals surface area contributed by atoms with Crippen LogP contribution in [0, 0.1) is 5.92 Å². The van der Waals surface area contributed by atoms with E-state index in [0.717, 1.165) is 32.4 Å². The van der Waals surface area contributed by atoms with Crippen molar-refractivity contribution < 1.29 is 14.6 Å². The van der Waals surface area contributed by atoms with E-state index in [1.54, 1.807) is 0 Å². The lowest BCUT2D eigenvalue weighted by Crippen LogP contribution is -2.39. The molecule has 2 N–H and O–H groups in total. The predicted molar refractivity (Wildman–Crippen MR) is 62.5 cm³/mol. The van der Waals surface area contributed by atoms with E-state index < -0.39 is 12.0 Å². The van der Waals surface area contributed by atoms with Gasteiger partial charge in [0, 0.05) is 6.61 Å². The molecule has 0 aromatic heterocycles. The molecule has 2 atom stereocenters. The molecule has 0 spiro atoms. The Bertz CT molecular complexity index is 212. The number of hydrogen-bond acceptors (Lipinski definition) is 3. The van der Waals surface area contributed by atoms with E-state index in [4.69, 9.17) is 9.84 Å². The lowest BCUT2D eigenvalue weighted by atomic mass is 10.0. The van der Waals surface area contributed by atoms with Gasteiger partial charge in [0.25, 0.3) is 0 Å². The number of carboxylic acids is 1. The minimum atomic E-state index is -0.749. The average molecular weight is 229 g/mol. The fourth-order valence-electron chi connectivity index (χ4n) is 2.03. The van der Waals surface area contributed by atoms with Gasteiger partial charge in [-0.3, -0.25) is 4.79 Å². The van der Waals surface area contributed by atoms with Crippen molar-refractivity contribution in [3.8, 4) is 0 Å². The second kappa shape index (κ2) is 6.86. The fourth-order valence-corrected chi connectivity index (χ4v) is 2.03. The lowest BCUT2D eigenvalue weighted by molar-refractivity contribution is -0.139. The topological polar surface area (TPSA) is 58.6 Å². The Balaban J connectivity index is 2.18. The van der Waals surface area contributed by atoms with Crippen LogP contribution in [-0.4, -0.2) is 36.4 Å². The molecular weight excluding hydrogens is 206 g/mol. The first kappa shape index (κ1) is 13.5. The maximum Gasteiger partial charge on any atom is 0.320 e. The third-order valence-corrected chi connectivity index (χ3v) is 2.89. The smallest absolute Gasteiger partial charge is 0.320 e.